The van der Waals surface area contributed by atoms with Gasteiger partial charge in [0, 0.05) is 17.6 Å². The zero-order valence-electron chi connectivity index (χ0n) is 16.8. The number of hydrogen-bond donors (Lipinski definition) is 2. The molecule has 0 radical (unpaired) electrons. The molecule has 0 saturated heterocycles. The zero-order chi connectivity index (χ0) is 23.6. The number of aliphatic hydroxyl groups is 1. The lowest BCUT2D eigenvalue weighted by molar-refractivity contribution is -0.143. The molecule has 1 amide bonds. The minimum Gasteiger partial charge on any atom is -0.491 e. The van der Waals surface area contributed by atoms with Gasteiger partial charge in [0.25, 0.3) is 5.91 Å². The highest BCUT2D eigenvalue weighted by Crippen LogP contribution is 2.35. The highest BCUT2D eigenvalue weighted by Gasteiger charge is 2.40. The Labute approximate surface area is 190 Å². The predicted octanol–water partition coefficient (Wildman–Crippen LogP) is 3.44. The fourth-order valence-electron chi connectivity index (χ4n) is 3.09. The lowest BCUT2D eigenvalue weighted by atomic mass is 10.2. The molecule has 1 aliphatic heterocycles. The summed E-state index contributed by atoms with van der Waals surface area (Å²) in [5.74, 6) is 0.417. The van der Waals surface area contributed by atoms with Gasteiger partial charge in [0.15, 0.2) is 17.2 Å². The average Bonchev–Trinajstić information content (AvgIpc) is 3.43. The number of halogens is 4. The third-order valence-electron chi connectivity index (χ3n) is 4.64. The molecule has 0 saturated carbocycles. The first-order valence-electron chi connectivity index (χ1n) is 9.62. The fraction of sp³-hybridized carbons (Fsp3) is 0.238. The molecule has 0 spiro atoms. The number of amides is 1. The molecule has 8 nitrogen and oxygen atoms in total. The second kappa shape index (κ2) is 9.20. The van der Waals surface area contributed by atoms with Crippen LogP contribution in [0.25, 0.3) is 5.69 Å². The number of aliphatic hydroxyl groups excluding tert-OH is 1. The first-order chi connectivity index (χ1) is 15.7. The monoisotopic (exact) mass is 483 g/mol. The number of carbonyl (C=O) groups is 1. The molecule has 2 N–H and O–H groups in total. The molecule has 174 valence electrons. The highest BCUT2D eigenvalue weighted by molar-refractivity contribution is 6.30. The maximum absolute atomic E-state index is 13.7. The molecule has 1 aliphatic rings. The summed E-state index contributed by atoms with van der Waals surface area (Å²) in [4.78, 5) is 12.4. The molecule has 0 bridgehead atoms. The zero-order valence-corrected chi connectivity index (χ0v) is 17.6. The van der Waals surface area contributed by atoms with Crippen LogP contribution in [0.2, 0.25) is 5.02 Å². The maximum Gasteiger partial charge on any atom is 0.434 e. The number of benzene rings is 2. The van der Waals surface area contributed by atoms with Gasteiger partial charge in [-0.05, 0) is 36.4 Å². The van der Waals surface area contributed by atoms with Crippen molar-refractivity contribution in [2.45, 2.75) is 12.3 Å². The van der Waals surface area contributed by atoms with Gasteiger partial charge in [-0.15, -0.1) is 0 Å². The summed E-state index contributed by atoms with van der Waals surface area (Å²) in [6.45, 7) is -0.454. The Morgan fingerprint density at radius 2 is 1.94 bits per heavy atom. The molecule has 0 fully saturated rings. The highest BCUT2D eigenvalue weighted by atomic mass is 35.5. The summed E-state index contributed by atoms with van der Waals surface area (Å²) in [5, 5.41) is 16.4. The van der Waals surface area contributed by atoms with Gasteiger partial charge in [-0.25, -0.2) is 4.68 Å². The third-order valence-corrected chi connectivity index (χ3v) is 4.89. The molecule has 0 aliphatic carbocycles. The van der Waals surface area contributed by atoms with Gasteiger partial charge in [-0.2, -0.15) is 18.3 Å². The van der Waals surface area contributed by atoms with Crippen LogP contribution in [-0.4, -0.2) is 46.8 Å². The molecule has 33 heavy (non-hydrogen) atoms. The largest absolute Gasteiger partial charge is 0.491 e. The average molecular weight is 484 g/mol. The number of ether oxygens (including phenoxy) is 3. The number of nitrogens with one attached hydrogen (secondary N) is 1. The predicted molar refractivity (Wildman–Crippen MR) is 110 cm³/mol. The number of carbonyl (C=O) groups excluding carboxylic acids is 1. The van der Waals surface area contributed by atoms with Crippen LogP contribution in [0.1, 0.15) is 16.1 Å². The van der Waals surface area contributed by atoms with Gasteiger partial charge >= 0.3 is 6.18 Å². The molecular formula is C21H17ClF3N3O5. The Bertz CT molecular complexity index is 1150. The van der Waals surface area contributed by atoms with E-state index in [0.717, 1.165) is 6.20 Å². The Balaban J connectivity index is 1.40. The normalized spacial score (nSPS) is 13.6. The summed E-state index contributed by atoms with van der Waals surface area (Å²) in [6.07, 6.45) is -5.22. The van der Waals surface area contributed by atoms with E-state index in [1.807, 2.05) is 0 Å². The van der Waals surface area contributed by atoms with Crippen molar-refractivity contribution >= 4 is 17.5 Å². The van der Waals surface area contributed by atoms with Crippen molar-refractivity contribution in [2.75, 3.05) is 19.9 Å². The number of fused-ring (bicyclic) bond motifs is 1. The fourth-order valence-corrected chi connectivity index (χ4v) is 3.22. The van der Waals surface area contributed by atoms with Crippen molar-refractivity contribution in [3.05, 3.63) is 64.9 Å². The number of aromatic nitrogens is 2. The van der Waals surface area contributed by atoms with E-state index >= 15 is 0 Å². The second-order valence-electron chi connectivity index (χ2n) is 6.98. The van der Waals surface area contributed by atoms with Gasteiger partial charge in [-0.3, -0.25) is 4.79 Å². The Morgan fingerprint density at radius 3 is 2.67 bits per heavy atom. The minimum atomic E-state index is -4.86. The van der Waals surface area contributed by atoms with E-state index in [-0.39, 0.29) is 25.6 Å². The van der Waals surface area contributed by atoms with Gasteiger partial charge in [0.1, 0.15) is 18.5 Å². The number of alkyl halides is 3. The summed E-state index contributed by atoms with van der Waals surface area (Å²) < 4.78 is 57.6. The summed E-state index contributed by atoms with van der Waals surface area (Å²) in [6, 6.07) is 10.4. The van der Waals surface area contributed by atoms with E-state index in [2.05, 4.69) is 10.4 Å². The van der Waals surface area contributed by atoms with E-state index in [1.54, 1.807) is 18.2 Å². The molecule has 2 aromatic carbocycles. The smallest absolute Gasteiger partial charge is 0.434 e. The minimum absolute atomic E-state index is 0.0861. The van der Waals surface area contributed by atoms with E-state index in [4.69, 9.17) is 25.8 Å². The van der Waals surface area contributed by atoms with Crippen molar-refractivity contribution in [3.63, 3.8) is 0 Å². The Hall–Kier alpha value is -3.44. The second-order valence-corrected chi connectivity index (χ2v) is 7.42. The van der Waals surface area contributed by atoms with E-state index in [9.17, 15) is 23.1 Å². The number of hydrogen-bond acceptors (Lipinski definition) is 6. The van der Waals surface area contributed by atoms with Crippen LogP contribution in [0.3, 0.4) is 0 Å². The van der Waals surface area contributed by atoms with Crippen LogP contribution in [0.5, 0.6) is 17.2 Å². The SMILES string of the molecule is O=C(NCC(O)COc1ccc2c(c1)OCO2)c1cnn(-c2ccc(Cl)cc2)c1C(F)(F)F. The lowest BCUT2D eigenvalue weighted by Gasteiger charge is -2.15. The van der Waals surface area contributed by atoms with Gasteiger partial charge in [0.2, 0.25) is 6.79 Å². The van der Waals surface area contributed by atoms with Crippen LogP contribution in [0.15, 0.2) is 48.7 Å². The first-order valence-corrected chi connectivity index (χ1v) is 10.00. The van der Waals surface area contributed by atoms with E-state index in [1.165, 1.54) is 24.3 Å². The topological polar surface area (TPSA) is 94.8 Å². The van der Waals surface area contributed by atoms with Gasteiger partial charge in [0.05, 0.1) is 17.4 Å². The van der Waals surface area contributed by atoms with Crippen molar-refractivity contribution in [3.8, 4) is 22.9 Å². The van der Waals surface area contributed by atoms with Crippen LogP contribution in [0.4, 0.5) is 13.2 Å². The van der Waals surface area contributed by atoms with E-state index < -0.39 is 29.4 Å². The van der Waals surface area contributed by atoms with Crippen LogP contribution >= 0.6 is 11.6 Å². The van der Waals surface area contributed by atoms with Gasteiger partial charge in [-0.1, -0.05) is 11.6 Å². The third kappa shape index (κ3) is 5.15. The standard InChI is InChI=1S/C21H17ClF3N3O5/c22-12-1-3-13(4-2-12)28-19(21(23,24)25)16(9-27-28)20(30)26-8-14(29)10-31-15-5-6-17-18(7-15)33-11-32-17/h1-7,9,14,29H,8,10-11H2,(H,26,30). The van der Waals surface area contributed by atoms with E-state index in [0.29, 0.717) is 27.0 Å². The number of rotatable bonds is 7. The molecule has 1 atom stereocenters. The van der Waals surface area contributed by atoms with Crippen LogP contribution < -0.4 is 19.5 Å². The van der Waals surface area contributed by atoms with Crippen molar-refractivity contribution in [1.29, 1.82) is 0 Å². The van der Waals surface area contributed by atoms with Crippen molar-refractivity contribution in [1.82, 2.24) is 15.1 Å². The maximum atomic E-state index is 13.7. The summed E-state index contributed by atoms with van der Waals surface area (Å²) in [7, 11) is 0. The Morgan fingerprint density at radius 1 is 1.21 bits per heavy atom. The van der Waals surface area contributed by atoms with Crippen molar-refractivity contribution in [2.24, 2.45) is 0 Å². The summed E-state index contributed by atoms with van der Waals surface area (Å²) in [5.41, 5.74) is -1.84. The quantitative estimate of drug-likeness (QED) is 0.534. The van der Waals surface area contributed by atoms with Crippen LogP contribution in [-0.2, 0) is 6.18 Å². The first kappa shape index (κ1) is 22.7. The molecule has 1 unspecified atom stereocenters. The van der Waals surface area contributed by atoms with Gasteiger partial charge < -0.3 is 24.6 Å². The summed E-state index contributed by atoms with van der Waals surface area (Å²) >= 11 is 5.78. The van der Waals surface area contributed by atoms with Crippen molar-refractivity contribution < 1.29 is 37.3 Å². The molecular weight excluding hydrogens is 467 g/mol. The molecule has 4 rings (SSSR count). The van der Waals surface area contributed by atoms with Crippen LogP contribution in [0, 0.1) is 0 Å². The lowest BCUT2D eigenvalue weighted by Crippen LogP contribution is -2.36. The number of nitrogens with zero attached hydrogens (tertiary/aromatic N) is 2. The molecule has 3 aromatic rings. The molecule has 1 aromatic heterocycles. The molecule has 2 heterocycles. The molecule has 12 heteroatoms. The Kier molecular flexibility index (Phi) is 6.34.